The van der Waals surface area contributed by atoms with E-state index in [0.717, 1.165) is 5.56 Å². The summed E-state index contributed by atoms with van der Waals surface area (Å²) in [4.78, 5) is 23.1. The van der Waals surface area contributed by atoms with Gasteiger partial charge in [-0.05, 0) is 26.3 Å². The van der Waals surface area contributed by atoms with Gasteiger partial charge in [-0.2, -0.15) is 0 Å². The van der Waals surface area contributed by atoms with E-state index in [9.17, 15) is 14.7 Å². The highest BCUT2D eigenvalue weighted by Crippen LogP contribution is 2.02. The Morgan fingerprint density at radius 1 is 1.15 bits per heavy atom. The standard InChI is InChI=1S/C15H22N2O3/c1-15(2,3)17-14(20)13(19)16-10-12(18)9-11-7-5-4-6-8-11/h4-8,12,18H,9-10H2,1-3H3,(H,16,19)(H,17,20). The first kappa shape index (κ1) is 16.2. The second-order valence-electron chi connectivity index (χ2n) is 5.76. The zero-order valence-electron chi connectivity index (χ0n) is 12.1. The van der Waals surface area contributed by atoms with Crippen LogP contribution in [0, 0.1) is 0 Å². The molecule has 0 radical (unpaired) electrons. The Balaban J connectivity index is 2.35. The van der Waals surface area contributed by atoms with Gasteiger partial charge < -0.3 is 15.7 Å². The average Bonchev–Trinajstić information content (AvgIpc) is 2.35. The number of aliphatic hydroxyl groups is 1. The molecule has 0 saturated carbocycles. The molecule has 20 heavy (non-hydrogen) atoms. The van der Waals surface area contributed by atoms with Crippen molar-refractivity contribution in [1.29, 1.82) is 0 Å². The number of hydrogen-bond acceptors (Lipinski definition) is 3. The van der Waals surface area contributed by atoms with Gasteiger partial charge in [0.05, 0.1) is 6.10 Å². The van der Waals surface area contributed by atoms with E-state index >= 15 is 0 Å². The van der Waals surface area contributed by atoms with E-state index in [2.05, 4.69) is 10.6 Å². The van der Waals surface area contributed by atoms with Crippen molar-refractivity contribution in [1.82, 2.24) is 10.6 Å². The van der Waals surface area contributed by atoms with Crippen molar-refractivity contribution >= 4 is 11.8 Å². The first-order valence-corrected chi connectivity index (χ1v) is 6.60. The number of carbonyl (C=O) groups excluding carboxylic acids is 2. The van der Waals surface area contributed by atoms with Gasteiger partial charge in [-0.1, -0.05) is 30.3 Å². The van der Waals surface area contributed by atoms with Crippen molar-refractivity contribution in [2.24, 2.45) is 0 Å². The molecule has 0 saturated heterocycles. The molecular weight excluding hydrogens is 256 g/mol. The van der Waals surface area contributed by atoms with Gasteiger partial charge in [0, 0.05) is 18.5 Å². The van der Waals surface area contributed by atoms with Gasteiger partial charge in [-0.15, -0.1) is 0 Å². The molecule has 1 atom stereocenters. The highest BCUT2D eigenvalue weighted by molar-refractivity contribution is 6.35. The molecular formula is C15H22N2O3. The van der Waals surface area contributed by atoms with E-state index in [1.807, 2.05) is 30.3 Å². The minimum atomic E-state index is -0.730. The summed E-state index contributed by atoms with van der Waals surface area (Å²) in [5.74, 6) is -1.42. The lowest BCUT2D eigenvalue weighted by molar-refractivity contribution is -0.140. The molecule has 3 N–H and O–H groups in total. The number of benzene rings is 1. The van der Waals surface area contributed by atoms with Crippen LogP contribution in [0.25, 0.3) is 0 Å². The predicted octanol–water partition coefficient (Wildman–Crippen LogP) is 0.621. The third-order valence-electron chi connectivity index (χ3n) is 2.51. The van der Waals surface area contributed by atoms with Gasteiger partial charge in [-0.3, -0.25) is 9.59 Å². The predicted molar refractivity (Wildman–Crippen MR) is 77.1 cm³/mol. The van der Waals surface area contributed by atoms with E-state index in [-0.39, 0.29) is 6.54 Å². The molecule has 2 amide bonds. The molecule has 0 aromatic heterocycles. The van der Waals surface area contributed by atoms with Gasteiger partial charge in [0.1, 0.15) is 0 Å². The fraction of sp³-hybridized carbons (Fsp3) is 0.467. The number of aliphatic hydroxyl groups excluding tert-OH is 1. The maximum absolute atomic E-state index is 11.5. The fourth-order valence-electron chi connectivity index (χ4n) is 1.65. The SMILES string of the molecule is CC(C)(C)NC(=O)C(=O)NCC(O)Cc1ccccc1. The Morgan fingerprint density at radius 2 is 1.75 bits per heavy atom. The molecule has 0 fully saturated rings. The third-order valence-corrected chi connectivity index (χ3v) is 2.51. The lowest BCUT2D eigenvalue weighted by atomic mass is 10.1. The van der Waals surface area contributed by atoms with Crippen molar-refractivity contribution in [2.45, 2.75) is 38.8 Å². The minimum absolute atomic E-state index is 0.0469. The molecule has 0 spiro atoms. The maximum atomic E-state index is 11.5. The summed E-state index contributed by atoms with van der Waals surface area (Å²) in [7, 11) is 0. The molecule has 0 aliphatic carbocycles. The summed E-state index contributed by atoms with van der Waals surface area (Å²) in [6, 6.07) is 9.47. The topological polar surface area (TPSA) is 78.4 Å². The minimum Gasteiger partial charge on any atom is -0.391 e. The molecule has 5 heteroatoms. The van der Waals surface area contributed by atoms with Crippen LogP contribution in [-0.4, -0.2) is 35.1 Å². The number of rotatable bonds is 4. The molecule has 5 nitrogen and oxygen atoms in total. The van der Waals surface area contributed by atoms with E-state index in [1.165, 1.54) is 0 Å². The molecule has 110 valence electrons. The van der Waals surface area contributed by atoms with Crippen LogP contribution in [0.4, 0.5) is 0 Å². The Bertz CT molecular complexity index is 452. The van der Waals surface area contributed by atoms with Crippen molar-refractivity contribution < 1.29 is 14.7 Å². The normalized spacial score (nSPS) is 12.6. The lowest BCUT2D eigenvalue weighted by Gasteiger charge is -2.20. The fourth-order valence-corrected chi connectivity index (χ4v) is 1.65. The van der Waals surface area contributed by atoms with Crippen LogP contribution in [0.15, 0.2) is 30.3 Å². The highest BCUT2D eigenvalue weighted by Gasteiger charge is 2.20. The zero-order chi connectivity index (χ0) is 15.2. The van der Waals surface area contributed by atoms with Crippen LogP contribution in [0.5, 0.6) is 0 Å². The molecule has 1 aromatic rings. The van der Waals surface area contributed by atoms with Crippen LogP contribution in [-0.2, 0) is 16.0 Å². The monoisotopic (exact) mass is 278 g/mol. The number of carbonyl (C=O) groups is 2. The zero-order valence-corrected chi connectivity index (χ0v) is 12.1. The maximum Gasteiger partial charge on any atom is 0.309 e. The van der Waals surface area contributed by atoms with Crippen molar-refractivity contribution in [3.05, 3.63) is 35.9 Å². The van der Waals surface area contributed by atoms with Gasteiger partial charge in [-0.25, -0.2) is 0 Å². The van der Waals surface area contributed by atoms with Gasteiger partial charge >= 0.3 is 11.8 Å². The molecule has 1 unspecified atom stereocenters. The van der Waals surface area contributed by atoms with Gasteiger partial charge in [0.15, 0.2) is 0 Å². The largest absolute Gasteiger partial charge is 0.391 e. The Hall–Kier alpha value is -1.88. The lowest BCUT2D eigenvalue weighted by Crippen LogP contribution is -2.49. The Kier molecular flexibility index (Phi) is 5.70. The van der Waals surface area contributed by atoms with Crippen LogP contribution in [0.2, 0.25) is 0 Å². The van der Waals surface area contributed by atoms with Gasteiger partial charge in [0.2, 0.25) is 0 Å². The first-order valence-electron chi connectivity index (χ1n) is 6.60. The van der Waals surface area contributed by atoms with E-state index in [1.54, 1.807) is 20.8 Å². The summed E-state index contributed by atoms with van der Waals surface area (Å²) in [5, 5.41) is 14.8. The van der Waals surface area contributed by atoms with Crippen molar-refractivity contribution in [3.63, 3.8) is 0 Å². The van der Waals surface area contributed by atoms with E-state index < -0.39 is 23.5 Å². The molecule has 0 heterocycles. The Labute approximate surface area is 119 Å². The highest BCUT2D eigenvalue weighted by atomic mass is 16.3. The van der Waals surface area contributed by atoms with Crippen LogP contribution in [0.1, 0.15) is 26.3 Å². The number of amides is 2. The second kappa shape index (κ2) is 7.05. The van der Waals surface area contributed by atoms with Crippen LogP contribution >= 0.6 is 0 Å². The number of hydrogen-bond donors (Lipinski definition) is 3. The van der Waals surface area contributed by atoms with Gasteiger partial charge in [0.25, 0.3) is 0 Å². The Morgan fingerprint density at radius 3 is 2.30 bits per heavy atom. The second-order valence-corrected chi connectivity index (χ2v) is 5.76. The van der Waals surface area contributed by atoms with E-state index in [0.29, 0.717) is 6.42 Å². The number of nitrogens with one attached hydrogen (secondary N) is 2. The molecule has 1 rings (SSSR count). The van der Waals surface area contributed by atoms with Crippen molar-refractivity contribution in [3.8, 4) is 0 Å². The summed E-state index contributed by atoms with van der Waals surface area (Å²) in [6.45, 7) is 5.43. The third kappa shape index (κ3) is 6.33. The first-order chi connectivity index (χ1) is 9.28. The molecule has 0 aliphatic heterocycles. The van der Waals surface area contributed by atoms with Crippen LogP contribution < -0.4 is 10.6 Å². The smallest absolute Gasteiger partial charge is 0.309 e. The molecule has 0 bridgehead atoms. The van der Waals surface area contributed by atoms with E-state index in [4.69, 9.17) is 0 Å². The summed E-state index contributed by atoms with van der Waals surface area (Å²) >= 11 is 0. The summed E-state index contributed by atoms with van der Waals surface area (Å²) in [6.07, 6.45) is -0.286. The average molecular weight is 278 g/mol. The quantitative estimate of drug-likeness (QED) is 0.707. The molecule has 0 aliphatic rings. The van der Waals surface area contributed by atoms with Crippen LogP contribution in [0.3, 0.4) is 0 Å². The summed E-state index contributed by atoms with van der Waals surface area (Å²) < 4.78 is 0. The summed E-state index contributed by atoms with van der Waals surface area (Å²) in [5.41, 5.74) is 0.519. The molecule has 1 aromatic carbocycles. The van der Waals surface area contributed by atoms with Crippen molar-refractivity contribution in [2.75, 3.05) is 6.54 Å².